The normalized spacial score (nSPS) is 18.0. The molecule has 0 saturated carbocycles. The van der Waals surface area contributed by atoms with Crippen LogP contribution in [0, 0.1) is 0 Å². The van der Waals surface area contributed by atoms with Gasteiger partial charge in [-0.05, 0) is 37.8 Å². The number of aromatic nitrogens is 1. The number of hydrogen-bond acceptors (Lipinski definition) is 4. The molecule has 0 N–H and O–H groups in total. The molecule has 0 bridgehead atoms. The van der Waals surface area contributed by atoms with Gasteiger partial charge < -0.3 is 14.2 Å². The Morgan fingerprint density at radius 3 is 3.04 bits per heavy atom. The maximum absolute atomic E-state index is 12.7. The summed E-state index contributed by atoms with van der Waals surface area (Å²) in [4.78, 5) is 14.7. The van der Waals surface area contributed by atoms with Crippen molar-refractivity contribution in [3.05, 3.63) is 36.0 Å². The van der Waals surface area contributed by atoms with Crippen molar-refractivity contribution in [1.29, 1.82) is 0 Å². The molecule has 2 aromatic rings. The summed E-state index contributed by atoms with van der Waals surface area (Å²) in [7, 11) is 1.62. The maximum Gasteiger partial charge on any atom is 0.276 e. The van der Waals surface area contributed by atoms with Crippen LogP contribution in [0.25, 0.3) is 11.3 Å². The van der Waals surface area contributed by atoms with Gasteiger partial charge in [-0.15, -0.1) is 0 Å². The molecule has 1 atom stereocenters. The second-order valence-electron chi connectivity index (χ2n) is 5.86. The Hall–Kier alpha value is -2.30. The van der Waals surface area contributed by atoms with Crippen molar-refractivity contribution >= 4 is 5.91 Å². The second kappa shape index (κ2) is 6.86. The monoisotopic (exact) mass is 314 g/mol. The van der Waals surface area contributed by atoms with Gasteiger partial charge in [0.1, 0.15) is 5.75 Å². The SMILES string of the molecule is CC[C@H]1CCCCN1C(=O)c1cc(-c2cccc(OC)c2)on1. The van der Waals surface area contributed by atoms with Crippen molar-refractivity contribution in [3.8, 4) is 17.1 Å². The van der Waals surface area contributed by atoms with Crippen LogP contribution in [-0.2, 0) is 0 Å². The van der Waals surface area contributed by atoms with Crippen molar-refractivity contribution in [2.75, 3.05) is 13.7 Å². The zero-order valence-electron chi connectivity index (χ0n) is 13.6. The molecule has 1 saturated heterocycles. The van der Waals surface area contributed by atoms with E-state index in [0.717, 1.165) is 37.1 Å². The molecule has 1 amide bonds. The minimum Gasteiger partial charge on any atom is -0.497 e. The highest BCUT2D eigenvalue weighted by molar-refractivity contribution is 5.93. The number of nitrogens with zero attached hydrogens (tertiary/aromatic N) is 2. The van der Waals surface area contributed by atoms with Crippen LogP contribution >= 0.6 is 0 Å². The molecular weight excluding hydrogens is 292 g/mol. The lowest BCUT2D eigenvalue weighted by Crippen LogP contribution is -2.43. The number of likely N-dealkylation sites (tertiary alicyclic amines) is 1. The predicted octanol–water partition coefficient (Wildman–Crippen LogP) is 3.75. The highest BCUT2D eigenvalue weighted by Gasteiger charge is 2.28. The van der Waals surface area contributed by atoms with Crippen LogP contribution in [0.1, 0.15) is 43.1 Å². The Morgan fingerprint density at radius 2 is 2.26 bits per heavy atom. The van der Waals surface area contributed by atoms with Gasteiger partial charge in [0.25, 0.3) is 5.91 Å². The molecule has 5 heteroatoms. The summed E-state index contributed by atoms with van der Waals surface area (Å²) >= 11 is 0. The number of methoxy groups -OCH3 is 1. The average molecular weight is 314 g/mol. The topological polar surface area (TPSA) is 55.6 Å². The van der Waals surface area contributed by atoms with E-state index < -0.39 is 0 Å². The summed E-state index contributed by atoms with van der Waals surface area (Å²) < 4.78 is 10.6. The summed E-state index contributed by atoms with van der Waals surface area (Å²) in [6.45, 7) is 2.93. The first-order chi connectivity index (χ1) is 11.2. The highest BCUT2D eigenvalue weighted by Crippen LogP contribution is 2.26. The Morgan fingerprint density at radius 1 is 1.39 bits per heavy atom. The van der Waals surface area contributed by atoms with Crippen LogP contribution < -0.4 is 4.74 Å². The molecule has 1 aliphatic rings. The minimum atomic E-state index is -0.0329. The molecular formula is C18H22N2O3. The highest BCUT2D eigenvalue weighted by atomic mass is 16.5. The standard InChI is InChI=1S/C18H22N2O3/c1-3-14-8-4-5-10-20(14)18(21)16-12-17(23-19-16)13-7-6-9-15(11-13)22-2/h6-7,9,11-12,14H,3-5,8,10H2,1-2H3/t14-/m0/s1. The zero-order valence-corrected chi connectivity index (χ0v) is 13.6. The molecule has 1 aliphatic heterocycles. The van der Waals surface area contributed by atoms with Crippen molar-refractivity contribution in [2.24, 2.45) is 0 Å². The third-order valence-corrected chi connectivity index (χ3v) is 4.44. The summed E-state index contributed by atoms with van der Waals surface area (Å²) in [5, 5.41) is 3.98. The Kier molecular flexibility index (Phi) is 4.65. The molecule has 3 rings (SSSR count). The number of piperidine rings is 1. The maximum atomic E-state index is 12.7. The van der Waals surface area contributed by atoms with Gasteiger partial charge in [-0.3, -0.25) is 4.79 Å². The lowest BCUT2D eigenvalue weighted by Gasteiger charge is -2.34. The Bertz CT molecular complexity index is 680. The zero-order chi connectivity index (χ0) is 16.2. The number of carbonyl (C=O) groups is 1. The van der Waals surface area contributed by atoms with Gasteiger partial charge in [-0.2, -0.15) is 0 Å². The number of ether oxygens (including phenoxy) is 1. The molecule has 23 heavy (non-hydrogen) atoms. The van der Waals surface area contributed by atoms with Crippen LogP contribution in [-0.4, -0.2) is 35.7 Å². The van der Waals surface area contributed by atoms with Gasteiger partial charge in [0.15, 0.2) is 11.5 Å². The molecule has 122 valence electrons. The Balaban J connectivity index is 1.81. The van der Waals surface area contributed by atoms with E-state index >= 15 is 0 Å². The number of carbonyl (C=O) groups excluding carboxylic acids is 1. The van der Waals surface area contributed by atoms with E-state index in [9.17, 15) is 4.79 Å². The van der Waals surface area contributed by atoms with Crippen molar-refractivity contribution < 1.29 is 14.1 Å². The summed E-state index contributed by atoms with van der Waals surface area (Å²) in [6.07, 6.45) is 4.30. The first-order valence-electron chi connectivity index (χ1n) is 8.15. The fourth-order valence-corrected chi connectivity index (χ4v) is 3.13. The molecule has 5 nitrogen and oxygen atoms in total. The van der Waals surface area contributed by atoms with Crippen LogP contribution in [0.5, 0.6) is 5.75 Å². The number of benzene rings is 1. The summed E-state index contributed by atoms with van der Waals surface area (Å²) in [6, 6.07) is 9.56. The minimum absolute atomic E-state index is 0.0329. The van der Waals surface area contributed by atoms with E-state index in [1.165, 1.54) is 6.42 Å². The van der Waals surface area contributed by atoms with Gasteiger partial charge in [0.05, 0.1) is 7.11 Å². The van der Waals surface area contributed by atoms with E-state index in [4.69, 9.17) is 9.26 Å². The molecule has 0 radical (unpaired) electrons. The quantitative estimate of drug-likeness (QED) is 0.862. The second-order valence-corrected chi connectivity index (χ2v) is 5.86. The largest absolute Gasteiger partial charge is 0.497 e. The third-order valence-electron chi connectivity index (χ3n) is 4.44. The van der Waals surface area contributed by atoms with Crippen molar-refractivity contribution in [3.63, 3.8) is 0 Å². The first-order valence-corrected chi connectivity index (χ1v) is 8.15. The van der Waals surface area contributed by atoms with Crippen LogP contribution in [0.4, 0.5) is 0 Å². The summed E-state index contributed by atoms with van der Waals surface area (Å²) in [5.74, 6) is 1.29. The lowest BCUT2D eigenvalue weighted by molar-refractivity contribution is 0.0597. The van der Waals surface area contributed by atoms with E-state index in [1.54, 1.807) is 13.2 Å². The molecule has 0 aliphatic carbocycles. The predicted molar refractivity (Wildman–Crippen MR) is 87.5 cm³/mol. The fourth-order valence-electron chi connectivity index (χ4n) is 3.13. The number of amides is 1. The van der Waals surface area contributed by atoms with E-state index in [0.29, 0.717) is 17.5 Å². The molecule has 2 heterocycles. The van der Waals surface area contributed by atoms with Crippen molar-refractivity contribution in [1.82, 2.24) is 10.1 Å². The van der Waals surface area contributed by atoms with E-state index in [1.807, 2.05) is 29.2 Å². The molecule has 0 spiro atoms. The Labute approximate surface area is 136 Å². The number of hydrogen-bond donors (Lipinski definition) is 0. The van der Waals surface area contributed by atoms with Crippen LogP contribution in [0.2, 0.25) is 0 Å². The van der Waals surface area contributed by atoms with Crippen molar-refractivity contribution in [2.45, 2.75) is 38.6 Å². The smallest absolute Gasteiger partial charge is 0.276 e. The van der Waals surface area contributed by atoms with E-state index in [2.05, 4.69) is 12.1 Å². The third kappa shape index (κ3) is 3.23. The lowest BCUT2D eigenvalue weighted by atomic mass is 9.99. The molecule has 0 unspecified atom stereocenters. The van der Waals surface area contributed by atoms with Gasteiger partial charge in [0, 0.05) is 24.2 Å². The van der Waals surface area contributed by atoms with Crippen LogP contribution in [0.15, 0.2) is 34.9 Å². The number of rotatable bonds is 4. The first kappa shape index (κ1) is 15.6. The van der Waals surface area contributed by atoms with Crippen LogP contribution in [0.3, 0.4) is 0 Å². The fraction of sp³-hybridized carbons (Fsp3) is 0.444. The van der Waals surface area contributed by atoms with Gasteiger partial charge in [0.2, 0.25) is 0 Å². The van der Waals surface area contributed by atoms with Gasteiger partial charge in [-0.1, -0.05) is 24.2 Å². The summed E-state index contributed by atoms with van der Waals surface area (Å²) in [5.41, 5.74) is 1.23. The van der Waals surface area contributed by atoms with E-state index in [-0.39, 0.29) is 5.91 Å². The molecule has 1 aromatic carbocycles. The molecule has 1 fully saturated rings. The molecule has 1 aromatic heterocycles. The average Bonchev–Trinajstić information content (AvgIpc) is 3.11. The van der Waals surface area contributed by atoms with Gasteiger partial charge >= 0.3 is 0 Å². The van der Waals surface area contributed by atoms with Gasteiger partial charge in [-0.25, -0.2) is 0 Å².